The van der Waals surface area contributed by atoms with Gasteiger partial charge < -0.3 is 9.80 Å². The van der Waals surface area contributed by atoms with Crippen molar-refractivity contribution in [3.05, 3.63) is 43.5 Å². The molecular formula is C15H19F3N4O2S. The van der Waals surface area contributed by atoms with Crippen molar-refractivity contribution in [3.63, 3.8) is 0 Å². The monoisotopic (exact) mass is 376 g/mol. The van der Waals surface area contributed by atoms with E-state index in [9.17, 15) is 23.3 Å². The highest BCUT2D eigenvalue weighted by atomic mass is 32.1. The van der Waals surface area contributed by atoms with Crippen LogP contribution in [0.5, 0.6) is 0 Å². The average molecular weight is 376 g/mol. The summed E-state index contributed by atoms with van der Waals surface area (Å²) >= 11 is 1.21. The zero-order valence-corrected chi connectivity index (χ0v) is 14.9. The quantitative estimate of drug-likeness (QED) is 0.513. The molecular weight excluding hydrogens is 357 g/mol. The fraction of sp³-hybridized carbons (Fsp3) is 0.533. The van der Waals surface area contributed by atoms with Crippen molar-refractivity contribution in [1.82, 2.24) is 9.80 Å². The summed E-state index contributed by atoms with van der Waals surface area (Å²) in [6.07, 6.45) is -5.45. The van der Waals surface area contributed by atoms with Gasteiger partial charge in [-0.2, -0.15) is 18.4 Å². The van der Waals surface area contributed by atoms with E-state index in [0.29, 0.717) is 10.4 Å². The van der Waals surface area contributed by atoms with Gasteiger partial charge in [0.25, 0.3) is 5.70 Å². The lowest BCUT2D eigenvalue weighted by molar-refractivity contribution is -0.430. The molecule has 0 spiro atoms. The molecule has 0 N–H and O–H groups in total. The summed E-state index contributed by atoms with van der Waals surface area (Å²) in [4.78, 5) is 14.4. The number of alkyl halides is 3. The van der Waals surface area contributed by atoms with Crippen LogP contribution in [0.1, 0.15) is 23.8 Å². The van der Waals surface area contributed by atoms with Gasteiger partial charge in [0.15, 0.2) is 5.82 Å². The second-order valence-corrected chi connectivity index (χ2v) is 6.45. The molecule has 1 aromatic heterocycles. The second-order valence-electron chi connectivity index (χ2n) is 5.46. The minimum absolute atomic E-state index is 0.0601. The normalized spacial score (nSPS) is 12.4. The number of nitriles is 1. The number of hydrogen-bond acceptors (Lipinski definition) is 6. The van der Waals surface area contributed by atoms with Crippen LogP contribution in [0.2, 0.25) is 0 Å². The minimum atomic E-state index is -4.34. The highest BCUT2D eigenvalue weighted by molar-refractivity contribution is 7.10. The summed E-state index contributed by atoms with van der Waals surface area (Å²) in [6.45, 7) is 1.49. The largest absolute Gasteiger partial charge is 0.390 e. The average Bonchev–Trinajstić information content (AvgIpc) is 2.96. The van der Waals surface area contributed by atoms with Gasteiger partial charge in [-0.25, -0.2) is 0 Å². The molecule has 25 heavy (non-hydrogen) atoms. The first-order valence-corrected chi connectivity index (χ1v) is 8.31. The summed E-state index contributed by atoms with van der Waals surface area (Å²) in [5.74, 6) is 0.142. The Hall–Kier alpha value is -2.28. The van der Waals surface area contributed by atoms with E-state index in [1.165, 1.54) is 21.1 Å². The van der Waals surface area contributed by atoms with E-state index in [-0.39, 0.29) is 31.0 Å². The number of hydrogen-bond donors (Lipinski definition) is 0. The topological polar surface area (TPSA) is 73.4 Å². The van der Waals surface area contributed by atoms with E-state index >= 15 is 0 Å². The Balaban J connectivity index is 3.23. The molecule has 0 unspecified atom stereocenters. The van der Waals surface area contributed by atoms with Crippen LogP contribution in [0, 0.1) is 21.4 Å². The van der Waals surface area contributed by atoms with Crippen molar-refractivity contribution in [2.45, 2.75) is 25.9 Å². The van der Waals surface area contributed by atoms with Crippen molar-refractivity contribution in [2.75, 3.05) is 27.2 Å². The van der Waals surface area contributed by atoms with E-state index in [1.54, 1.807) is 32.5 Å². The van der Waals surface area contributed by atoms with E-state index < -0.39 is 17.5 Å². The van der Waals surface area contributed by atoms with Crippen LogP contribution in [0.15, 0.2) is 23.0 Å². The molecule has 0 atom stereocenters. The predicted octanol–water partition coefficient (Wildman–Crippen LogP) is 3.44. The molecule has 6 nitrogen and oxygen atoms in total. The van der Waals surface area contributed by atoms with Gasteiger partial charge in [-0.15, -0.1) is 11.3 Å². The van der Waals surface area contributed by atoms with Crippen LogP contribution in [0.25, 0.3) is 0 Å². The third-order valence-electron chi connectivity index (χ3n) is 3.37. The SMILES string of the molecule is CCN(CCC(F)(F)F)C(=C(Cc1cc(C#N)cs1)[N+](=O)[O-])N(C)C. The Labute approximate surface area is 147 Å². The summed E-state index contributed by atoms with van der Waals surface area (Å²) in [7, 11) is 3.12. The van der Waals surface area contributed by atoms with Crippen LogP contribution in [0.4, 0.5) is 13.2 Å². The minimum Gasteiger partial charge on any atom is -0.359 e. The highest BCUT2D eigenvalue weighted by Crippen LogP contribution is 2.25. The Kier molecular flexibility index (Phi) is 7.23. The number of allylic oxidation sites excluding steroid dienone is 1. The van der Waals surface area contributed by atoms with Crippen molar-refractivity contribution >= 4 is 11.3 Å². The Morgan fingerprint density at radius 2 is 2.08 bits per heavy atom. The second kappa shape index (κ2) is 8.71. The maximum absolute atomic E-state index is 12.5. The molecule has 0 bridgehead atoms. The molecule has 0 amide bonds. The zero-order chi connectivity index (χ0) is 19.2. The lowest BCUT2D eigenvalue weighted by Gasteiger charge is -2.30. The lowest BCUT2D eigenvalue weighted by Crippen LogP contribution is -2.36. The maximum Gasteiger partial charge on any atom is 0.390 e. The third kappa shape index (κ3) is 6.26. The molecule has 0 aliphatic heterocycles. The molecule has 10 heteroatoms. The Bertz CT molecular complexity index is 677. The maximum atomic E-state index is 12.5. The van der Waals surface area contributed by atoms with Gasteiger partial charge in [-0.3, -0.25) is 10.1 Å². The Morgan fingerprint density at radius 1 is 1.44 bits per heavy atom. The number of thiophene rings is 1. The van der Waals surface area contributed by atoms with Crippen LogP contribution < -0.4 is 0 Å². The van der Waals surface area contributed by atoms with Crippen LogP contribution in [-0.4, -0.2) is 48.1 Å². The van der Waals surface area contributed by atoms with Crippen LogP contribution in [-0.2, 0) is 6.42 Å². The van der Waals surface area contributed by atoms with Gasteiger partial charge in [-0.05, 0) is 13.0 Å². The number of rotatable bonds is 8. The highest BCUT2D eigenvalue weighted by Gasteiger charge is 2.31. The van der Waals surface area contributed by atoms with E-state index in [2.05, 4.69) is 0 Å². The summed E-state index contributed by atoms with van der Waals surface area (Å²) in [6, 6.07) is 3.50. The molecule has 138 valence electrons. The van der Waals surface area contributed by atoms with E-state index in [4.69, 9.17) is 5.26 Å². The van der Waals surface area contributed by atoms with Gasteiger partial charge in [-0.1, -0.05) is 0 Å². The fourth-order valence-corrected chi connectivity index (χ4v) is 3.14. The summed E-state index contributed by atoms with van der Waals surface area (Å²) in [5.41, 5.74) is 0.207. The van der Waals surface area contributed by atoms with Gasteiger partial charge in [0.05, 0.1) is 23.3 Å². The first-order valence-electron chi connectivity index (χ1n) is 7.43. The molecule has 0 fully saturated rings. The predicted molar refractivity (Wildman–Crippen MR) is 88.4 cm³/mol. The molecule has 0 aliphatic carbocycles. The number of nitrogens with zero attached hydrogens (tertiary/aromatic N) is 4. The van der Waals surface area contributed by atoms with Gasteiger partial charge in [0, 0.05) is 37.4 Å². The zero-order valence-electron chi connectivity index (χ0n) is 14.1. The lowest BCUT2D eigenvalue weighted by atomic mass is 10.2. The molecule has 1 heterocycles. The third-order valence-corrected chi connectivity index (χ3v) is 4.31. The molecule has 1 rings (SSSR count). The van der Waals surface area contributed by atoms with Crippen molar-refractivity contribution < 1.29 is 18.1 Å². The first kappa shape index (κ1) is 20.8. The Morgan fingerprint density at radius 3 is 2.48 bits per heavy atom. The smallest absolute Gasteiger partial charge is 0.359 e. The van der Waals surface area contributed by atoms with Crippen molar-refractivity contribution in [1.29, 1.82) is 5.26 Å². The molecule has 0 saturated heterocycles. The number of nitro groups is 1. The fourth-order valence-electron chi connectivity index (χ4n) is 2.32. The molecule has 0 radical (unpaired) electrons. The van der Waals surface area contributed by atoms with Crippen molar-refractivity contribution in [3.8, 4) is 6.07 Å². The van der Waals surface area contributed by atoms with E-state index in [0.717, 1.165) is 0 Å². The molecule has 1 aromatic rings. The molecule has 0 aliphatic rings. The number of halogens is 3. The summed E-state index contributed by atoms with van der Waals surface area (Å²) < 4.78 is 37.6. The van der Waals surface area contributed by atoms with Crippen LogP contribution >= 0.6 is 11.3 Å². The summed E-state index contributed by atoms with van der Waals surface area (Å²) in [5, 5.41) is 22.0. The standard InChI is InChI=1S/C15H19F3N4O2S/c1-4-21(6-5-15(16,17)18)14(20(2)3)13(22(23)24)8-12-7-11(9-19)10-25-12/h7,10H,4-6,8H2,1-3H3. The van der Waals surface area contributed by atoms with Crippen molar-refractivity contribution in [2.24, 2.45) is 0 Å². The molecule has 0 saturated carbocycles. The molecule has 0 aromatic carbocycles. The van der Waals surface area contributed by atoms with Gasteiger partial charge in [0.2, 0.25) is 0 Å². The van der Waals surface area contributed by atoms with Gasteiger partial charge >= 0.3 is 6.18 Å². The first-order chi connectivity index (χ1) is 11.6. The van der Waals surface area contributed by atoms with Crippen LogP contribution in [0.3, 0.4) is 0 Å². The van der Waals surface area contributed by atoms with Gasteiger partial charge in [0.1, 0.15) is 6.07 Å². The van der Waals surface area contributed by atoms with E-state index in [1.807, 2.05) is 6.07 Å².